The summed E-state index contributed by atoms with van der Waals surface area (Å²) in [5.74, 6) is 0.884. The molecule has 0 aliphatic heterocycles. The summed E-state index contributed by atoms with van der Waals surface area (Å²) in [6.45, 7) is 0. The highest BCUT2D eigenvalue weighted by atomic mass is 79.9. The Bertz CT molecular complexity index is 450. The van der Waals surface area contributed by atoms with E-state index in [1.807, 2.05) is 18.2 Å². The van der Waals surface area contributed by atoms with Crippen LogP contribution in [-0.4, -0.2) is 0 Å². The van der Waals surface area contributed by atoms with E-state index in [1.54, 1.807) is 0 Å². The van der Waals surface area contributed by atoms with E-state index >= 15 is 0 Å². The maximum Gasteiger partial charge on any atom is 0.136 e. The molecule has 0 aliphatic carbocycles. The summed E-state index contributed by atoms with van der Waals surface area (Å²) in [7, 11) is 0. The van der Waals surface area contributed by atoms with E-state index in [4.69, 9.17) is 16.0 Å². The van der Waals surface area contributed by atoms with Crippen molar-refractivity contribution in [2.24, 2.45) is 0 Å². The summed E-state index contributed by atoms with van der Waals surface area (Å²) in [5.41, 5.74) is 0.814. The normalized spacial score (nSPS) is 11.0. The standard InChI is InChI=1S/C9H5Br2ClO/c10-4-6-3-7-8(12)1-5(11)2-9(7)13-6/h1-3H,4H2. The lowest BCUT2D eigenvalue weighted by molar-refractivity contribution is 0.575. The zero-order valence-electron chi connectivity index (χ0n) is 6.48. The first-order valence-corrected chi connectivity index (χ1v) is 5.93. The molecule has 2 rings (SSSR count). The van der Waals surface area contributed by atoms with E-state index in [1.165, 1.54) is 0 Å². The van der Waals surface area contributed by atoms with Crippen molar-refractivity contribution in [3.8, 4) is 0 Å². The minimum atomic E-state index is 0.704. The lowest BCUT2D eigenvalue weighted by Gasteiger charge is -1.93. The Kier molecular flexibility index (Phi) is 2.67. The van der Waals surface area contributed by atoms with Crippen molar-refractivity contribution < 1.29 is 4.42 Å². The van der Waals surface area contributed by atoms with Gasteiger partial charge in [0.1, 0.15) is 11.3 Å². The fraction of sp³-hybridized carbons (Fsp3) is 0.111. The van der Waals surface area contributed by atoms with Gasteiger partial charge in [0.05, 0.1) is 10.4 Å². The number of furan rings is 1. The molecule has 0 N–H and O–H groups in total. The van der Waals surface area contributed by atoms with Gasteiger partial charge in [-0.2, -0.15) is 0 Å². The molecule has 1 aromatic carbocycles. The van der Waals surface area contributed by atoms with Gasteiger partial charge in [0.15, 0.2) is 0 Å². The van der Waals surface area contributed by atoms with Crippen LogP contribution in [0.15, 0.2) is 27.1 Å². The molecule has 0 bridgehead atoms. The first-order valence-electron chi connectivity index (χ1n) is 3.64. The van der Waals surface area contributed by atoms with Gasteiger partial charge < -0.3 is 4.42 Å². The quantitative estimate of drug-likeness (QED) is 0.690. The van der Waals surface area contributed by atoms with Gasteiger partial charge in [0.25, 0.3) is 0 Å². The van der Waals surface area contributed by atoms with Gasteiger partial charge in [0, 0.05) is 9.86 Å². The van der Waals surface area contributed by atoms with E-state index in [9.17, 15) is 0 Å². The van der Waals surface area contributed by atoms with E-state index in [0.717, 1.165) is 21.2 Å². The van der Waals surface area contributed by atoms with Gasteiger partial charge in [-0.05, 0) is 18.2 Å². The molecule has 1 aromatic heterocycles. The molecule has 0 amide bonds. The van der Waals surface area contributed by atoms with Crippen molar-refractivity contribution in [1.29, 1.82) is 0 Å². The predicted molar refractivity (Wildman–Crippen MR) is 61.6 cm³/mol. The Hall–Kier alpha value is 0.01000. The molecule has 0 spiro atoms. The summed E-state index contributed by atoms with van der Waals surface area (Å²) in [4.78, 5) is 0. The lowest BCUT2D eigenvalue weighted by Crippen LogP contribution is -1.67. The van der Waals surface area contributed by atoms with Gasteiger partial charge in [-0.25, -0.2) is 0 Å². The first-order chi connectivity index (χ1) is 6.20. The number of hydrogen-bond acceptors (Lipinski definition) is 1. The van der Waals surface area contributed by atoms with Crippen LogP contribution in [0, 0.1) is 0 Å². The Morgan fingerprint density at radius 1 is 1.31 bits per heavy atom. The molecular weight excluding hydrogens is 319 g/mol. The zero-order valence-corrected chi connectivity index (χ0v) is 10.4. The van der Waals surface area contributed by atoms with Crippen LogP contribution < -0.4 is 0 Å². The summed E-state index contributed by atoms with van der Waals surface area (Å²) in [5, 5.41) is 2.37. The minimum Gasteiger partial charge on any atom is -0.460 e. The third-order valence-electron chi connectivity index (χ3n) is 1.73. The summed E-state index contributed by atoms with van der Waals surface area (Å²) >= 11 is 12.7. The molecule has 0 radical (unpaired) electrons. The molecule has 0 unspecified atom stereocenters. The first kappa shape index (κ1) is 9.56. The van der Waals surface area contributed by atoms with Crippen molar-refractivity contribution in [2.45, 2.75) is 5.33 Å². The molecule has 2 aromatic rings. The van der Waals surface area contributed by atoms with Crippen molar-refractivity contribution in [3.05, 3.63) is 33.5 Å². The van der Waals surface area contributed by atoms with Crippen LogP contribution in [-0.2, 0) is 5.33 Å². The van der Waals surface area contributed by atoms with Gasteiger partial charge in [-0.1, -0.05) is 43.5 Å². The second-order valence-corrected chi connectivity index (χ2v) is 4.53. The Morgan fingerprint density at radius 2 is 2.08 bits per heavy atom. The number of alkyl halides is 1. The van der Waals surface area contributed by atoms with Crippen molar-refractivity contribution in [1.82, 2.24) is 0 Å². The van der Waals surface area contributed by atoms with Crippen molar-refractivity contribution in [2.75, 3.05) is 0 Å². The highest BCUT2D eigenvalue weighted by molar-refractivity contribution is 9.10. The number of fused-ring (bicyclic) bond motifs is 1. The number of halogens is 3. The molecule has 1 nitrogen and oxygen atoms in total. The number of benzene rings is 1. The van der Waals surface area contributed by atoms with Crippen LogP contribution in [0.1, 0.15) is 5.76 Å². The molecule has 0 saturated carbocycles. The van der Waals surface area contributed by atoms with Crippen LogP contribution in [0.4, 0.5) is 0 Å². The molecule has 0 aliphatic rings. The molecule has 4 heteroatoms. The Labute approximate surface area is 97.3 Å². The second-order valence-electron chi connectivity index (χ2n) is 2.65. The summed E-state index contributed by atoms with van der Waals surface area (Å²) < 4.78 is 6.45. The van der Waals surface area contributed by atoms with Gasteiger partial charge in [0.2, 0.25) is 0 Å². The minimum absolute atomic E-state index is 0.704. The van der Waals surface area contributed by atoms with Crippen LogP contribution in [0.25, 0.3) is 11.0 Å². The van der Waals surface area contributed by atoms with E-state index in [-0.39, 0.29) is 0 Å². The zero-order chi connectivity index (χ0) is 9.42. The maximum atomic E-state index is 6.03. The third kappa shape index (κ3) is 1.78. The molecule has 0 fully saturated rings. The molecule has 0 atom stereocenters. The van der Waals surface area contributed by atoms with E-state index < -0.39 is 0 Å². The van der Waals surface area contributed by atoms with Crippen molar-refractivity contribution >= 4 is 54.4 Å². The van der Waals surface area contributed by atoms with Crippen LogP contribution in [0.5, 0.6) is 0 Å². The second kappa shape index (κ2) is 3.64. The highest BCUT2D eigenvalue weighted by Gasteiger charge is 2.07. The topological polar surface area (TPSA) is 13.1 Å². The Balaban J connectivity index is 2.75. The number of hydrogen-bond donors (Lipinski definition) is 0. The van der Waals surface area contributed by atoms with Gasteiger partial charge in [-0.3, -0.25) is 0 Å². The van der Waals surface area contributed by atoms with Crippen LogP contribution in [0.2, 0.25) is 5.02 Å². The summed E-state index contributed by atoms with van der Waals surface area (Å²) in [6, 6.07) is 5.71. The van der Waals surface area contributed by atoms with Gasteiger partial charge >= 0.3 is 0 Å². The third-order valence-corrected chi connectivity index (χ3v) is 3.06. The largest absolute Gasteiger partial charge is 0.460 e. The molecule has 1 heterocycles. The maximum absolute atomic E-state index is 6.03. The van der Waals surface area contributed by atoms with Crippen LogP contribution in [0.3, 0.4) is 0 Å². The molecule has 68 valence electrons. The van der Waals surface area contributed by atoms with Crippen LogP contribution >= 0.6 is 43.5 Å². The van der Waals surface area contributed by atoms with E-state index in [2.05, 4.69) is 31.9 Å². The Morgan fingerprint density at radius 3 is 2.77 bits per heavy atom. The predicted octanol–water partition coefficient (Wildman–Crippen LogP) is 4.74. The van der Waals surface area contributed by atoms with Crippen molar-refractivity contribution in [3.63, 3.8) is 0 Å². The molecule has 13 heavy (non-hydrogen) atoms. The van der Waals surface area contributed by atoms with E-state index in [0.29, 0.717) is 10.4 Å². The molecule has 0 saturated heterocycles. The lowest BCUT2D eigenvalue weighted by atomic mass is 10.2. The average Bonchev–Trinajstić information content (AvgIpc) is 2.47. The smallest absolute Gasteiger partial charge is 0.136 e. The number of rotatable bonds is 1. The van der Waals surface area contributed by atoms with Gasteiger partial charge in [-0.15, -0.1) is 0 Å². The molecular formula is C9H5Br2ClO. The monoisotopic (exact) mass is 322 g/mol. The average molecular weight is 324 g/mol. The highest BCUT2D eigenvalue weighted by Crippen LogP contribution is 2.31. The SMILES string of the molecule is Clc1cc(Br)cc2oc(CBr)cc12. The fourth-order valence-electron chi connectivity index (χ4n) is 1.18. The fourth-order valence-corrected chi connectivity index (χ4v) is 2.29. The summed E-state index contributed by atoms with van der Waals surface area (Å²) in [6.07, 6.45) is 0.